The first kappa shape index (κ1) is 28.6. The molecule has 194 valence electrons. The lowest BCUT2D eigenvalue weighted by Gasteiger charge is -2.43. The van der Waals surface area contributed by atoms with Gasteiger partial charge in [-0.3, -0.25) is 4.79 Å². The molecule has 0 saturated carbocycles. The van der Waals surface area contributed by atoms with E-state index in [9.17, 15) is 26.7 Å². The van der Waals surface area contributed by atoms with Gasteiger partial charge >= 0.3 is 6.18 Å². The maximum atomic E-state index is 14.5. The summed E-state index contributed by atoms with van der Waals surface area (Å²) in [6.07, 6.45) is -2.89. The molecule has 0 spiro atoms. The van der Waals surface area contributed by atoms with Gasteiger partial charge in [0.25, 0.3) is 11.8 Å². The van der Waals surface area contributed by atoms with E-state index in [0.717, 1.165) is 17.2 Å². The highest BCUT2D eigenvalue weighted by molar-refractivity contribution is 6.31. The molecular weight excluding hydrogens is 491 g/mol. The molecule has 5 nitrogen and oxygen atoms in total. The number of nitrogen functional groups attached to an aromatic ring is 1. The molecule has 2 atom stereocenters. The van der Waals surface area contributed by atoms with Gasteiger partial charge in [-0.1, -0.05) is 31.5 Å². The Morgan fingerprint density at radius 2 is 2.03 bits per heavy atom. The number of hydrogen-bond donors (Lipinski definition) is 2. The van der Waals surface area contributed by atoms with E-state index in [1.165, 1.54) is 25.1 Å². The van der Waals surface area contributed by atoms with Gasteiger partial charge in [-0.2, -0.15) is 13.2 Å². The minimum Gasteiger partial charge on any atom is -0.398 e. The topological polar surface area (TPSA) is 70.7 Å². The summed E-state index contributed by atoms with van der Waals surface area (Å²) >= 11 is 5.99. The van der Waals surface area contributed by atoms with Crippen LogP contribution in [0, 0.1) is 5.92 Å². The van der Waals surface area contributed by atoms with Crippen LogP contribution < -0.4 is 11.1 Å². The number of amides is 1. The maximum Gasteiger partial charge on any atom is 0.417 e. The number of carbonyl (C=O) groups is 1. The van der Waals surface area contributed by atoms with Crippen molar-refractivity contribution in [3.63, 3.8) is 0 Å². The third-order valence-corrected chi connectivity index (χ3v) is 6.21. The van der Waals surface area contributed by atoms with Gasteiger partial charge in [-0.25, -0.2) is 13.8 Å². The lowest BCUT2D eigenvalue weighted by atomic mass is 9.87. The second-order valence-corrected chi connectivity index (χ2v) is 9.07. The largest absolute Gasteiger partial charge is 0.417 e. The molecule has 1 aliphatic heterocycles. The van der Waals surface area contributed by atoms with E-state index in [4.69, 9.17) is 17.3 Å². The number of allylic oxidation sites excluding steroid dienone is 3. The molecule has 0 aliphatic carbocycles. The SMILES string of the molecule is C\C=C(/C=N\C(NCC1C(C)CC(F)(F)CN1C(=O)c1cc(Cl)ccc1N)=C(\C)CC)C(F)(F)F. The van der Waals surface area contributed by atoms with Crippen molar-refractivity contribution in [1.29, 1.82) is 0 Å². The summed E-state index contributed by atoms with van der Waals surface area (Å²) in [7, 11) is 0. The van der Waals surface area contributed by atoms with Crippen molar-refractivity contribution in [2.75, 3.05) is 18.8 Å². The number of nitrogens with two attached hydrogens (primary N) is 1. The number of anilines is 1. The quantitative estimate of drug-likeness (QED) is 0.255. The molecule has 2 unspecified atom stereocenters. The minimum atomic E-state index is -4.56. The van der Waals surface area contributed by atoms with Gasteiger partial charge in [0.2, 0.25) is 0 Å². The van der Waals surface area contributed by atoms with Crippen molar-refractivity contribution in [3.05, 3.63) is 51.8 Å². The fourth-order valence-corrected chi connectivity index (χ4v) is 4.04. The Hall–Kier alpha value is -2.62. The molecule has 0 bridgehead atoms. The second kappa shape index (κ2) is 11.4. The third-order valence-electron chi connectivity index (χ3n) is 5.97. The average Bonchev–Trinajstić information content (AvgIpc) is 2.76. The van der Waals surface area contributed by atoms with Crippen molar-refractivity contribution in [1.82, 2.24) is 10.2 Å². The fourth-order valence-electron chi connectivity index (χ4n) is 3.87. The highest BCUT2D eigenvalue weighted by Crippen LogP contribution is 2.36. The van der Waals surface area contributed by atoms with Gasteiger partial charge in [0.05, 0.1) is 23.7 Å². The fraction of sp³-hybridized carbons (Fsp3) is 0.500. The summed E-state index contributed by atoms with van der Waals surface area (Å²) in [4.78, 5) is 18.3. The monoisotopic (exact) mass is 520 g/mol. The van der Waals surface area contributed by atoms with Crippen molar-refractivity contribution in [2.24, 2.45) is 10.9 Å². The molecule has 1 saturated heterocycles. The highest BCUT2D eigenvalue weighted by atomic mass is 35.5. The predicted octanol–water partition coefficient (Wildman–Crippen LogP) is 6.22. The minimum absolute atomic E-state index is 0.00462. The van der Waals surface area contributed by atoms with Crippen LogP contribution in [0.15, 0.2) is 46.2 Å². The molecular formula is C24H30ClF5N4O. The lowest BCUT2D eigenvalue weighted by molar-refractivity contribution is -0.0912. The molecule has 3 N–H and O–H groups in total. The van der Waals surface area contributed by atoms with E-state index in [-0.39, 0.29) is 28.6 Å². The summed E-state index contributed by atoms with van der Waals surface area (Å²) in [6, 6.07) is 3.55. The number of carbonyl (C=O) groups excluding carboxylic acids is 1. The highest BCUT2D eigenvalue weighted by Gasteiger charge is 2.46. The summed E-state index contributed by atoms with van der Waals surface area (Å²) < 4.78 is 68.2. The van der Waals surface area contributed by atoms with E-state index in [0.29, 0.717) is 12.0 Å². The number of aliphatic imine (C=N–C) groups is 1. The summed E-state index contributed by atoms with van der Waals surface area (Å²) in [6.45, 7) is 5.56. The van der Waals surface area contributed by atoms with Gasteiger partial charge in [0.15, 0.2) is 0 Å². The van der Waals surface area contributed by atoms with Crippen LogP contribution in [0.2, 0.25) is 5.02 Å². The van der Waals surface area contributed by atoms with Crippen LogP contribution in [-0.4, -0.2) is 48.3 Å². The van der Waals surface area contributed by atoms with Crippen LogP contribution in [0.5, 0.6) is 0 Å². The molecule has 1 heterocycles. The zero-order valence-electron chi connectivity index (χ0n) is 20.0. The lowest BCUT2D eigenvalue weighted by Crippen LogP contribution is -2.58. The Morgan fingerprint density at radius 3 is 2.60 bits per heavy atom. The van der Waals surface area contributed by atoms with E-state index >= 15 is 0 Å². The molecule has 0 radical (unpaired) electrons. The normalized spacial score (nSPS) is 21.8. The van der Waals surface area contributed by atoms with Gasteiger partial charge < -0.3 is 16.0 Å². The number of piperidine rings is 1. The van der Waals surface area contributed by atoms with Gasteiger partial charge in [0.1, 0.15) is 5.82 Å². The van der Waals surface area contributed by atoms with E-state index < -0.39 is 48.5 Å². The van der Waals surface area contributed by atoms with Crippen LogP contribution in [0.4, 0.5) is 27.6 Å². The first-order valence-corrected chi connectivity index (χ1v) is 11.5. The number of hydrogen-bond acceptors (Lipinski definition) is 4. The average molecular weight is 521 g/mol. The van der Waals surface area contributed by atoms with Crippen LogP contribution >= 0.6 is 11.6 Å². The number of likely N-dealkylation sites (tertiary alicyclic amines) is 1. The molecule has 1 aromatic carbocycles. The Kier molecular flexibility index (Phi) is 9.33. The first-order valence-electron chi connectivity index (χ1n) is 11.1. The summed E-state index contributed by atoms with van der Waals surface area (Å²) in [5, 5.41) is 3.22. The molecule has 0 aromatic heterocycles. The number of alkyl halides is 5. The maximum absolute atomic E-state index is 14.5. The van der Waals surface area contributed by atoms with Crippen LogP contribution in [0.1, 0.15) is 50.9 Å². The zero-order chi connectivity index (χ0) is 26.6. The van der Waals surface area contributed by atoms with Crippen LogP contribution in [-0.2, 0) is 0 Å². The number of nitrogens with zero attached hydrogens (tertiary/aromatic N) is 2. The van der Waals surface area contributed by atoms with E-state index in [1.54, 1.807) is 13.8 Å². The van der Waals surface area contributed by atoms with E-state index in [2.05, 4.69) is 10.3 Å². The van der Waals surface area contributed by atoms with E-state index in [1.807, 2.05) is 6.92 Å². The van der Waals surface area contributed by atoms with Crippen molar-refractivity contribution >= 4 is 29.4 Å². The second-order valence-electron chi connectivity index (χ2n) is 8.63. The van der Waals surface area contributed by atoms with Crippen LogP contribution in [0.25, 0.3) is 0 Å². The molecule has 1 aromatic rings. The Bertz CT molecular complexity index is 1020. The zero-order valence-corrected chi connectivity index (χ0v) is 20.8. The Balaban J connectivity index is 2.36. The molecule has 35 heavy (non-hydrogen) atoms. The van der Waals surface area contributed by atoms with Crippen molar-refractivity contribution in [2.45, 2.75) is 58.7 Å². The van der Waals surface area contributed by atoms with Gasteiger partial charge in [-0.05, 0) is 50.0 Å². The third kappa shape index (κ3) is 7.43. The number of halogens is 6. The molecule has 1 aliphatic rings. The standard InChI is InChI=1S/C24H30ClF5N4O/c1-5-14(3)21(32-11-16(6-2)24(28,29)30)33-12-20-15(4)10-23(26,27)13-34(20)22(35)18-9-17(25)7-8-19(18)31/h6-9,11,15,20,33H,5,10,12-13,31H2,1-4H3/b16-6+,21-14+,32-11-. The predicted molar refractivity (Wildman–Crippen MR) is 129 cm³/mol. The van der Waals surface area contributed by atoms with Crippen LogP contribution in [0.3, 0.4) is 0 Å². The number of benzene rings is 1. The number of rotatable bonds is 7. The van der Waals surface area contributed by atoms with Crippen molar-refractivity contribution in [3.8, 4) is 0 Å². The molecule has 11 heteroatoms. The number of nitrogens with one attached hydrogen (secondary N) is 1. The molecule has 2 rings (SSSR count). The Morgan fingerprint density at radius 1 is 1.37 bits per heavy atom. The van der Waals surface area contributed by atoms with Gasteiger partial charge in [0, 0.05) is 29.9 Å². The van der Waals surface area contributed by atoms with Crippen molar-refractivity contribution < 1.29 is 26.7 Å². The Labute approximate surface area is 206 Å². The summed E-state index contributed by atoms with van der Waals surface area (Å²) in [5.41, 5.74) is 5.77. The molecule has 1 amide bonds. The van der Waals surface area contributed by atoms with Gasteiger partial charge in [-0.15, -0.1) is 0 Å². The first-order chi connectivity index (χ1) is 16.2. The summed E-state index contributed by atoms with van der Waals surface area (Å²) in [5.74, 6) is -4.24. The molecule has 1 fully saturated rings. The smallest absolute Gasteiger partial charge is 0.398 e.